The summed E-state index contributed by atoms with van der Waals surface area (Å²) in [5, 5.41) is 11.3. The van der Waals surface area contributed by atoms with E-state index in [2.05, 4.69) is 5.32 Å². The van der Waals surface area contributed by atoms with Crippen LogP contribution in [0.4, 0.5) is 5.69 Å². The number of anilines is 1. The van der Waals surface area contributed by atoms with Crippen molar-refractivity contribution in [2.75, 3.05) is 5.32 Å². The lowest BCUT2D eigenvalue weighted by Gasteiger charge is -2.07. The zero-order chi connectivity index (χ0) is 12.8. The number of aliphatic carboxylic acids is 1. The van der Waals surface area contributed by atoms with Gasteiger partial charge in [-0.15, -0.1) is 0 Å². The number of amides is 1. The molecule has 0 aliphatic heterocycles. The molecule has 0 aliphatic carbocycles. The normalized spacial score (nSPS) is 10.0. The number of hydrogen-bond donors (Lipinski definition) is 2. The van der Waals surface area contributed by atoms with E-state index in [9.17, 15) is 9.59 Å². The molecular weight excluding hydrogens is 218 g/mol. The first-order chi connectivity index (χ1) is 7.97. The number of nitrogens with one attached hydrogen (secondary N) is 1. The molecule has 17 heavy (non-hydrogen) atoms. The molecule has 0 heterocycles. The molecule has 1 aromatic rings. The van der Waals surface area contributed by atoms with Gasteiger partial charge in [0.25, 0.3) is 0 Å². The molecule has 0 radical (unpaired) electrons. The third kappa shape index (κ3) is 5.15. The second-order valence-electron chi connectivity index (χ2n) is 4.14. The average molecular weight is 235 g/mol. The molecule has 0 atom stereocenters. The zero-order valence-electron chi connectivity index (χ0n) is 10.1. The van der Waals surface area contributed by atoms with Gasteiger partial charge in [-0.3, -0.25) is 9.59 Å². The highest BCUT2D eigenvalue weighted by molar-refractivity contribution is 5.88. The van der Waals surface area contributed by atoms with Gasteiger partial charge in [0.05, 0.1) is 0 Å². The second-order valence-corrected chi connectivity index (χ2v) is 4.14. The summed E-state index contributed by atoms with van der Waals surface area (Å²) in [6, 6.07) is 5.78. The highest BCUT2D eigenvalue weighted by atomic mass is 16.4. The molecule has 4 heteroatoms. The first-order valence-corrected chi connectivity index (χ1v) is 5.57. The van der Waals surface area contributed by atoms with Crippen molar-refractivity contribution < 1.29 is 14.7 Å². The van der Waals surface area contributed by atoms with E-state index in [4.69, 9.17) is 5.11 Å². The van der Waals surface area contributed by atoms with Gasteiger partial charge in [-0.25, -0.2) is 0 Å². The summed E-state index contributed by atoms with van der Waals surface area (Å²) in [5.74, 6) is -0.883. The number of rotatable bonds is 5. The number of carboxylic acid groups (broad SMARTS) is 1. The van der Waals surface area contributed by atoms with Crippen LogP contribution >= 0.6 is 0 Å². The second kappa shape index (κ2) is 6.03. The largest absolute Gasteiger partial charge is 0.481 e. The van der Waals surface area contributed by atoms with Gasteiger partial charge in [0.1, 0.15) is 0 Å². The smallest absolute Gasteiger partial charge is 0.303 e. The summed E-state index contributed by atoms with van der Waals surface area (Å²) >= 11 is 0. The van der Waals surface area contributed by atoms with Gasteiger partial charge in [0.15, 0.2) is 0 Å². The van der Waals surface area contributed by atoms with E-state index >= 15 is 0 Å². The minimum Gasteiger partial charge on any atom is -0.481 e. The monoisotopic (exact) mass is 235 g/mol. The maximum Gasteiger partial charge on any atom is 0.303 e. The molecule has 0 saturated carbocycles. The standard InChI is InChI=1S/C13H17NO3/c1-9-6-11(4-3-5-13(16)17)8-12(7-9)14-10(2)15/h6-8H,3-5H2,1-2H3,(H,14,15)(H,16,17). The van der Waals surface area contributed by atoms with Crippen LogP contribution in [-0.2, 0) is 16.0 Å². The average Bonchev–Trinajstić information content (AvgIpc) is 2.14. The van der Waals surface area contributed by atoms with Crippen molar-refractivity contribution >= 4 is 17.6 Å². The third-order valence-corrected chi connectivity index (χ3v) is 2.31. The Hall–Kier alpha value is -1.84. The lowest BCUT2D eigenvalue weighted by Crippen LogP contribution is -2.06. The summed E-state index contributed by atoms with van der Waals surface area (Å²) in [5.41, 5.74) is 2.87. The number of hydrogen-bond acceptors (Lipinski definition) is 2. The van der Waals surface area contributed by atoms with E-state index in [0.29, 0.717) is 12.8 Å². The number of carbonyl (C=O) groups excluding carboxylic acids is 1. The Kier molecular flexibility index (Phi) is 4.69. The van der Waals surface area contributed by atoms with Crippen LogP contribution in [0.15, 0.2) is 18.2 Å². The van der Waals surface area contributed by atoms with E-state index in [1.807, 2.05) is 25.1 Å². The van der Waals surface area contributed by atoms with Crippen LogP contribution in [0.25, 0.3) is 0 Å². The van der Waals surface area contributed by atoms with Crippen LogP contribution in [0.1, 0.15) is 30.9 Å². The molecular formula is C13H17NO3. The summed E-state index contributed by atoms with van der Waals surface area (Å²) in [7, 11) is 0. The highest BCUT2D eigenvalue weighted by Crippen LogP contribution is 2.16. The fourth-order valence-corrected chi connectivity index (χ4v) is 1.73. The third-order valence-electron chi connectivity index (χ3n) is 2.31. The molecule has 0 spiro atoms. The summed E-state index contributed by atoms with van der Waals surface area (Å²) < 4.78 is 0. The van der Waals surface area contributed by atoms with E-state index < -0.39 is 5.97 Å². The van der Waals surface area contributed by atoms with E-state index in [-0.39, 0.29) is 12.3 Å². The van der Waals surface area contributed by atoms with Crippen molar-refractivity contribution in [2.24, 2.45) is 0 Å². The predicted octanol–water partition coefficient (Wildman–Crippen LogP) is 2.36. The maximum atomic E-state index is 11.0. The van der Waals surface area contributed by atoms with Crippen LogP contribution < -0.4 is 5.32 Å². The summed E-state index contributed by atoms with van der Waals surface area (Å²) in [6.45, 7) is 3.42. The minimum absolute atomic E-state index is 0.105. The molecule has 0 aromatic heterocycles. The van der Waals surface area contributed by atoms with Gasteiger partial charge in [0.2, 0.25) is 5.91 Å². The SMILES string of the molecule is CC(=O)Nc1cc(C)cc(CCCC(=O)O)c1. The van der Waals surface area contributed by atoms with Crippen molar-refractivity contribution in [3.63, 3.8) is 0 Å². The summed E-state index contributed by atoms with van der Waals surface area (Å²) in [4.78, 5) is 21.4. The molecule has 0 unspecified atom stereocenters. The van der Waals surface area contributed by atoms with Gasteiger partial charge in [-0.1, -0.05) is 6.07 Å². The minimum atomic E-state index is -0.778. The Morgan fingerprint density at radius 1 is 1.29 bits per heavy atom. The molecule has 1 aromatic carbocycles. The van der Waals surface area contributed by atoms with E-state index in [0.717, 1.165) is 16.8 Å². The number of carboxylic acids is 1. The maximum absolute atomic E-state index is 11.0. The van der Waals surface area contributed by atoms with Gasteiger partial charge in [0, 0.05) is 19.0 Å². The predicted molar refractivity (Wildman–Crippen MR) is 66.1 cm³/mol. The molecule has 0 fully saturated rings. The lowest BCUT2D eigenvalue weighted by molar-refractivity contribution is -0.137. The van der Waals surface area contributed by atoms with Crippen molar-refractivity contribution in [1.82, 2.24) is 0 Å². The Labute approximate surface area is 101 Å². The Morgan fingerprint density at radius 2 is 2.00 bits per heavy atom. The Morgan fingerprint density at radius 3 is 2.59 bits per heavy atom. The van der Waals surface area contributed by atoms with Crippen molar-refractivity contribution in [3.05, 3.63) is 29.3 Å². The van der Waals surface area contributed by atoms with Crippen LogP contribution in [0, 0.1) is 6.92 Å². The molecule has 0 aliphatic rings. The fraction of sp³-hybridized carbons (Fsp3) is 0.385. The van der Waals surface area contributed by atoms with Gasteiger partial charge in [-0.2, -0.15) is 0 Å². The Bertz CT molecular complexity index is 427. The van der Waals surface area contributed by atoms with Gasteiger partial charge < -0.3 is 10.4 Å². The van der Waals surface area contributed by atoms with Crippen LogP contribution in [0.3, 0.4) is 0 Å². The molecule has 4 nitrogen and oxygen atoms in total. The first kappa shape index (κ1) is 13.2. The molecule has 0 saturated heterocycles. The van der Waals surface area contributed by atoms with E-state index in [1.54, 1.807) is 0 Å². The first-order valence-electron chi connectivity index (χ1n) is 5.57. The molecule has 0 bridgehead atoms. The topological polar surface area (TPSA) is 66.4 Å². The van der Waals surface area contributed by atoms with Crippen molar-refractivity contribution in [2.45, 2.75) is 33.1 Å². The zero-order valence-corrected chi connectivity index (χ0v) is 10.1. The van der Waals surface area contributed by atoms with Gasteiger partial charge >= 0.3 is 5.97 Å². The van der Waals surface area contributed by atoms with Crippen LogP contribution in [0.2, 0.25) is 0 Å². The Balaban J connectivity index is 2.68. The molecule has 2 N–H and O–H groups in total. The quantitative estimate of drug-likeness (QED) is 0.823. The van der Waals surface area contributed by atoms with Crippen molar-refractivity contribution in [1.29, 1.82) is 0 Å². The number of aryl methyl sites for hydroxylation is 2. The van der Waals surface area contributed by atoms with Gasteiger partial charge in [-0.05, 0) is 43.0 Å². The molecule has 1 rings (SSSR count). The van der Waals surface area contributed by atoms with E-state index in [1.165, 1.54) is 6.92 Å². The number of benzene rings is 1. The molecule has 1 amide bonds. The molecule has 92 valence electrons. The fourth-order valence-electron chi connectivity index (χ4n) is 1.73. The lowest BCUT2D eigenvalue weighted by atomic mass is 10.0. The highest BCUT2D eigenvalue weighted by Gasteiger charge is 2.02. The van der Waals surface area contributed by atoms with Crippen LogP contribution in [-0.4, -0.2) is 17.0 Å². The summed E-state index contributed by atoms with van der Waals surface area (Å²) in [6.07, 6.45) is 1.49. The number of carbonyl (C=O) groups is 2. The van der Waals surface area contributed by atoms with Crippen molar-refractivity contribution in [3.8, 4) is 0 Å². The van der Waals surface area contributed by atoms with Crippen LogP contribution in [0.5, 0.6) is 0 Å².